The zero-order valence-electron chi connectivity index (χ0n) is 10.8. The monoisotopic (exact) mass is 306 g/mol. The molecular formula is C14H10O4S2. The Morgan fingerprint density at radius 2 is 1.90 bits per heavy atom. The van der Waals surface area contributed by atoms with E-state index in [1.54, 1.807) is 24.4 Å². The molecule has 0 radical (unpaired) electrons. The molecule has 0 spiro atoms. The number of fused-ring (bicyclic) bond motifs is 2. The fourth-order valence-corrected chi connectivity index (χ4v) is 4.10. The first-order valence-corrected chi connectivity index (χ1v) is 7.66. The molecule has 0 unspecified atom stereocenters. The van der Waals surface area contributed by atoms with Crippen molar-refractivity contribution in [2.75, 3.05) is 0 Å². The summed E-state index contributed by atoms with van der Waals surface area (Å²) < 4.78 is 5.09. The second-order valence-corrected chi connectivity index (χ2v) is 6.46. The molecule has 2 aromatic heterocycles. The van der Waals surface area contributed by atoms with E-state index in [9.17, 15) is 14.4 Å². The van der Waals surface area contributed by atoms with Gasteiger partial charge in [0.2, 0.25) is 11.6 Å². The molecule has 0 aromatic carbocycles. The highest BCUT2D eigenvalue weighted by Crippen LogP contribution is 2.38. The summed E-state index contributed by atoms with van der Waals surface area (Å²) in [5, 5.41) is 1.75. The molecule has 0 aliphatic heterocycles. The van der Waals surface area contributed by atoms with Crippen molar-refractivity contribution in [3.8, 4) is 0 Å². The molecule has 0 saturated heterocycles. The van der Waals surface area contributed by atoms with Gasteiger partial charge in [0.15, 0.2) is 0 Å². The number of carbonyl (C=O) groups is 3. The molecule has 0 fully saturated rings. The Morgan fingerprint density at radius 1 is 1.20 bits per heavy atom. The van der Waals surface area contributed by atoms with Crippen LogP contribution in [0.4, 0.5) is 0 Å². The lowest BCUT2D eigenvalue weighted by Gasteiger charge is -2.08. The lowest BCUT2D eigenvalue weighted by atomic mass is 9.96. The van der Waals surface area contributed by atoms with Crippen molar-refractivity contribution in [3.63, 3.8) is 0 Å². The molecule has 0 saturated carbocycles. The molecule has 1 aliphatic rings. The minimum atomic E-state index is -0.457. The molecule has 6 heteroatoms. The molecule has 20 heavy (non-hydrogen) atoms. The molecule has 2 aromatic rings. The fourth-order valence-electron chi connectivity index (χ4n) is 2.16. The van der Waals surface area contributed by atoms with Gasteiger partial charge >= 0.3 is 5.97 Å². The number of ether oxygens (including phenoxy) is 1. The maximum absolute atomic E-state index is 12.3. The molecular weight excluding hydrogens is 296 g/mol. The molecule has 102 valence electrons. The van der Waals surface area contributed by atoms with Crippen LogP contribution in [-0.2, 0) is 9.53 Å². The van der Waals surface area contributed by atoms with Crippen molar-refractivity contribution in [1.82, 2.24) is 0 Å². The van der Waals surface area contributed by atoms with Crippen LogP contribution in [0.15, 0.2) is 17.5 Å². The summed E-state index contributed by atoms with van der Waals surface area (Å²) in [5.74, 6) is -0.634. The van der Waals surface area contributed by atoms with E-state index in [4.69, 9.17) is 4.74 Å². The van der Waals surface area contributed by atoms with Gasteiger partial charge in [0.05, 0.1) is 9.75 Å². The van der Waals surface area contributed by atoms with E-state index in [1.807, 2.05) is 0 Å². The van der Waals surface area contributed by atoms with Crippen LogP contribution in [0.5, 0.6) is 0 Å². The Balaban J connectivity index is 2.04. The van der Waals surface area contributed by atoms with Crippen molar-refractivity contribution < 1.29 is 19.1 Å². The number of carbonyl (C=O) groups excluding carboxylic acids is 3. The zero-order chi connectivity index (χ0) is 14.4. The first kappa shape index (κ1) is 13.2. The number of rotatable bonds is 2. The van der Waals surface area contributed by atoms with Gasteiger partial charge in [0, 0.05) is 22.9 Å². The summed E-state index contributed by atoms with van der Waals surface area (Å²) in [6.45, 7) is 3.06. The van der Waals surface area contributed by atoms with E-state index in [1.165, 1.54) is 29.6 Å². The summed E-state index contributed by atoms with van der Waals surface area (Å²) in [6.07, 6.45) is -0.457. The predicted octanol–water partition coefficient (Wildman–Crippen LogP) is 3.21. The summed E-state index contributed by atoms with van der Waals surface area (Å²) in [4.78, 5) is 37.3. The molecule has 0 amide bonds. The fraction of sp³-hybridized carbons (Fsp3) is 0.214. The van der Waals surface area contributed by atoms with Gasteiger partial charge in [-0.15, -0.1) is 22.7 Å². The molecule has 2 heterocycles. The SMILES string of the molecule is CC(=O)O[C@H](C)c1cc2c(s1)C(=O)c1ccsc1C2=O. The number of ketones is 2. The summed E-state index contributed by atoms with van der Waals surface area (Å²) in [7, 11) is 0. The second kappa shape index (κ2) is 4.64. The van der Waals surface area contributed by atoms with Crippen molar-refractivity contribution in [2.45, 2.75) is 20.0 Å². The number of hydrogen-bond donors (Lipinski definition) is 0. The highest BCUT2D eigenvalue weighted by atomic mass is 32.1. The molecule has 1 atom stereocenters. The quantitative estimate of drug-likeness (QED) is 0.682. The van der Waals surface area contributed by atoms with E-state index in [0.29, 0.717) is 25.8 Å². The lowest BCUT2D eigenvalue weighted by molar-refractivity contribution is -0.145. The summed E-state index contributed by atoms with van der Waals surface area (Å²) in [6, 6.07) is 3.34. The highest BCUT2D eigenvalue weighted by molar-refractivity contribution is 7.16. The van der Waals surface area contributed by atoms with E-state index in [-0.39, 0.29) is 17.5 Å². The minimum Gasteiger partial charge on any atom is -0.457 e. The van der Waals surface area contributed by atoms with Gasteiger partial charge in [-0.05, 0) is 24.4 Å². The maximum Gasteiger partial charge on any atom is 0.303 e. The van der Waals surface area contributed by atoms with Gasteiger partial charge in [-0.3, -0.25) is 14.4 Å². The third kappa shape index (κ3) is 1.92. The number of hydrogen-bond acceptors (Lipinski definition) is 6. The van der Waals surface area contributed by atoms with E-state index in [0.717, 1.165) is 0 Å². The van der Waals surface area contributed by atoms with Gasteiger partial charge in [-0.25, -0.2) is 0 Å². The largest absolute Gasteiger partial charge is 0.457 e. The van der Waals surface area contributed by atoms with Gasteiger partial charge in [-0.1, -0.05) is 0 Å². The maximum atomic E-state index is 12.3. The minimum absolute atomic E-state index is 0.123. The molecule has 0 N–H and O–H groups in total. The Kier molecular flexibility index (Phi) is 3.07. The van der Waals surface area contributed by atoms with Crippen LogP contribution in [0.2, 0.25) is 0 Å². The topological polar surface area (TPSA) is 60.4 Å². The van der Waals surface area contributed by atoms with Gasteiger partial charge in [-0.2, -0.15) is 0 Å². The third-order valence-electron chi connectivity index (χ3n) is 3.06. The van der Waals surface area contributed by atoms with Crippen molar-refractivity contribution in [1.29, 1.82) is 0 Å². The van der Waals surface area contributed by atoms with Gasteiger partial charge in [0.1, 0.15) is 6.10 Å². The van der Waals surface area contributed by atoms with Gasteiger partial charge < -0.3 is 4.74 Å². The Labute approximate surface area is 123 Å². The van der Waals surface area contributed by atoms with Crippen molar-refractivity contribution in [3.05, 3.63) is 43.3 Å². The van der Waals surface area contributed by atoms with Crippen LogP contribution in [0.1, 0.15) is 55.3 Å². The summed E-state index contributed by atoms with van der Waals surface area (Å²) in [5.41, 5.74) is 0.894. The van der Waals surface area contributed by atoms with Crippen LogP contribution < -0.4 is 0 Å². The number of thiophene rings is 2. The van der Waals surface area contributed by atoms with Crippen LogP contribution in [0.25, 0.3) is 0 Å². The standard InChI is InChI=1S/C14H10O4S2/c1-6(18-7(2)15)10-5-9-12(17)13-8(3-4-19-13)11(16)14(9)20-10/h3-6H,1-2H3/t6-/m1/s1. The molecule has 3 rings (SSSR count). The van der Waals surface area contributed by atoms with Crippen LogP contribution in [-0.4, -0.2) is 17.5 Å². The first-order chi connectivity index (χ1) is 9.49. The molecule has 4 nitrogen and oxygen atoms in total. The highest BCUT2D eigenvalue weighted by Gasteiger charge is 2.33. The average molecular weight is 306 g/mol. The Bertz CT molecular complexity index is 690. The van der Waals surface area contributed by atoms with E-state index < -0.39 is 6.10 Å². The Hall–Kier alpha value is -1.79. The van der Waals surface area contributed by atoms with Crippen LogP contribution in [0.3, 0.4) is 0 Å². The Morgan fingerprint density at radius 3 is 2.60 bits per heavy atom. The van der Waals surface area contributed by atoms with Crippen molar-refractivity contribution in [2.24, 2.45) is 0 Å². The van der Waals surface area contributed by atoms with E-state index in [2.05, 4.69) is 0 Å². The van der Waals surface area contributed by atoms with Crippen LogP contribution in [0, 0.1) is 0 Å². The normalized spacial score (nSPS) is 14.7. The van der Waals surface area contributed by atoms with E-state index >= 15 is 0 Å². The summed E-state index contributed by atoms with van der Waals surface area (Å²) >= 11 is 2.50. The lowest BCUT2D eigenvalue weighted by Crippen LogP contribution is -2.15. The second-order valence-electron chi connectivity index (χ2n) is 4.46. The molecule has 0 bridgehead atoms. The van der Waals surface area contributed by atoms with Crippen molar-refractivity contribution >= 4 is 40.2 Å². The van der Waals surface area contributed by atoms with Crippen LogP contribution >= 0.6 is 22.7 Å². The predicted molar refractivity (Wildman–Crippen MR) is 75.7 cm³/mol. The smallest absolute Gasteiger partial charge is 0.303 e. The van der Waals surface area contributed by atoms with Gasteiger partial charge in [0.25, 0.3) is 0 Å². The average Bonchev–Trinajstić information content (AvgIpc) is 3.02. The first-order valence-electron chi connectivity index (χ1n) is 5.97. The zero-order valence-corrected chi connectivity index (χ0v) is 12.4. The third-order valence-corrected chi connectivity index (χ3v) is 5.27. The number of esters is 1. The molecule has 1 aliphatic carbocycles.